The van der Waals surface area contributed by atoms with Gasteiger partial charge in [-0.05, 0) is 12.5 Å². The molecule has 0 aliphatic heterocycles. The molecule has 0 aromatic carbocycles. The minimum Gasteiger partial charge on any atom is -0.390 e. The summed E-state index contributed by atoms with van der Waals surface area (Å²) in [5.41, 5.74) is 1.67. The second-order valence-corrected chi connectivity index (χ2v) is 3.87. The van der Waals surface area contributed by atoms with Gasteiger partial charge in [-0.15, -0.1) is 11.6 Å². The molecule has 2 rings (SSSR count). The van der Waals surface area contributed by atoms with Crippen molar-refractivity contribution in [3.8, 4) is 0 Å². The summed E-state index contributed by atoms with van der Waals surface area (Å²) in [7, 11) is 0. The number of hydrogen-bond donors (Lipinski definition) is 3. The molecule has 2 atom stereocenters. The lowest BCUT2D eigenvalue weighted by Gasteiger charge is -2.15. The summed E-state index contributed by atoms with van der Waals surface area (Å²) in [6, 6.07) is 1.76. The van der Waals surface area contributed by atoms with E-state index in [1.54, 1.807) is 12.3 Å². The fourth-order valence-electron chi connectivity index (χ4n) is 1.45. The van der Waals surface area contributed by atoms with Crippen molar-refractivity contribution in [1.29, 1.82) is 0 Å². The Labute approximate surface area is 97.1 Å². The van der Waals surface area contributed by atoms with Gasteiger partial charge in [0.25, 0.3) is 0 Å². The maximum Gasteiger partial charge on any atom is 0.156 e. The van der Waals surface area contributed by atoms with Gasteiger partial charge in [-0.3, -0.25) is 0 Å². The fraction of sp³-hybridized carbons (Fsp3) is 0.400. The van der Waals surface area contributed by atoms with E-state index >= 15 is 0 Å². The third kappa shape index (κ3) is 2.16. The maximum atomic E-state index is 9.80. The van der Waals surface area contributed by atoms with Crippen molar-refractivity contribution in [2.24, 2.45) is 0 Å². The maximum absolute atomic E-state index is 9.80. The van der Waals surface area contributed by atoms with Crippen LogP contribution in [0.15, 0.2) is 18.5 Å². The molecule has 6 heteroatoms. The topological polar surface area (TPSA) is 82.0 Å². The average molecular weight is 242 g/mol. The quantitative estimate of drug-likeness (QED) is 0.697. The molecule has 0 bridgehead atoms. The van der Waals surface area contributed by atoms with E-state index in [1.165, 1.54) is 6.20 Å². The number of rotatable bonds is 4. The summed E-state index contributed by atoms with van der Waals surface area (Å²) >= 11 is 5.49. The van der Waals surface area contributed by atoms with Gasteiger partial charge in [-0.2, -0.15) is 0 Å². The van der Waals surface area contributed by atoms with E-state index in [-0.39, 0.29) is 5.88 Å². The number of aromatic nitrogens is 3. The van der Waals surface area contributed by atoms with E-state index in [9.17, 15) is 10.2 Å². The van der Waals surface area contributed by atoms with Crippen LogP contribution in [-0.2, 0) is 0 Å². The van der Waals surface area contributed by atoms with Crippen LogP contribution in [-0.4, -0.2) is 37.1 Å². The molecular formula is C10H12ClN3O2. The average Bonchev–Trinajstić information content (AvgIpc) is 2.75. The standard InChI is InChI=1S/C10H12ClN3O2/c11-3-1-8(15)9(16)7-5-13-10-6(14-7)2-4-12-10/h2,4-5,8-9,15-16H,1,3H2,(H,12,13). The smallest absolute Gasteiger partial charge is 0.156 e. The zero-order valence-corrected chi connectivity index (χ0v) is 9.22. The first-order valence-electron chi connectivity index (χ1n) is 4.94. The molecule has 0 amide bonds. The van der Waals surface area contributed by atoms with E-state index in [0.29, 0.717) is 23.3 Å². The van der Waals surface area contributed by atoms with Crippen LogP contribution in [0.1, 0.15) is 18.2 Å². The molecule has 2 unspecified atom stereocenters. The van der Waals surface area contributed by atoms with Gasteiger partial charge in [0.1, 0.15) is 11.6 Å². The lowest BCUT2D eigenvalue weighted by molar-refractivity contribution is 0.0144. The van der Waals surface area contributed by atoms with Crippen LogP contribution in [0.2, 0.25) is 0 Å². The normalized spacial score (nSPS) is 15.2. The second-order valence-electron chi connectivity index (χ2n) is 3.50. The first-order chi connectivity index (χ1) is 7.72. The van der Waals surface area contributed by atoms with Gasteiger partial charge in [0.05, 0.1) is 18.0 Å². The van der Waals surface area contributed by atoms with Crippen LogP contribution in [0, 0.1) is 0 Å². The first kappa shape index (κ1) is 11.3. The number of H-pyrrole nitrogens is 1. The molecule has 2 aromatic rings. The van der Waals surface area contributed by atoms with E-state index in [4.69, 9.17) is 11.6 Å². The molecule has 2 aromatic heterocycles. The highest BCUT2D eigenvalue weighted by atomic mass is 35.5. The number of nitrogens with zero attached hydrogens (tertiary/aromatic N) is 2. The Morgan fingerprint density at radius 3 is 3.00 bits per heavy atom. The molecular weight excluding hydrogens is 230 g/mol. The van der Waals surface area contributed by atoms with Gasteiger partial charge in [0.15, 0.2) is 5.65 Å². The number of aliphatic hydroxyl groups excluding tert-OH is 2. The molecule has 3 N–H and O–H groups in total. The summed E-state index contributed by atoms with van der Waals surface area (Å²) in [6.07, 6.45) is 1.51. The van der Waals surface area contributed by atoms with Crippen molar-refractivity contribution in [2.75, 3.05) is 5.88 Å². The van der Waals surface area contributed by atoms with Crippen LogP contribution >= 0.6 is 11.6 Å². The molecule has 16 heavy (non-hydrogen) atoms. The third-order valence-corrected chi connectivity index (χ3v) is 2.57. The molecule has 0 spiro atoms. The Kier molecular flexibility index (Phi) is 3.38. The largest absolute Gasteiger partial charge is 0.390 e. The summed E-state index contributed by atoms with van der Waals surface area (Å²) in [5.74, 6) is 0.290. The number of hydrogen-bond acceptors (Lipinski definition) is 4. The summed E-state index contributed by atoms with van der Waals surface area (Å²) in [6.45, 7) is 0. The van der Waals surface area contributed by atoms with Crippen molar-refractivity contribution in [3.05, 3.63) is 24.2 Å². The van der Waals surface area contributed by atoms with Crippen LogP contribution in [0.4, 0.5) is 0 Å². The molecule has 0 saturated carbocycles. The van der Waals surface area contributed by atoms with Crippen molar-refractivity contribution in [1.82, 2.24) is 15.0 Å². The number of alkyl halides is 1. The Morgan fingerprint density at radius 2 is 2.25 bits per heavy atom. The molecule has 86 valence electrons. The lowest BCUT2D eigenvalue weighted by atomic mass is 10.1. The molecule has 5 nitrogen and oxygen atoms in total. The minimum absolute atomic E-state index is 0.290. The van der Waals surface area contributed by atoms with Crippen molar-refractivity contribution in [2.45, 2.75) is 18.6 Å². The molecule has 2 heterocycles. The molecule has 0 saturated heterocycles. The number of fused-ring (bicyclic) bond motifs is 1. The van der Waals surface area contributed by atoms with Crippen molar-refractivity contribution >= 4 is 22.8 Å². The highest BCUT2D eigenvalue weighted by Crippen LogP contribution is 2.18. The van der Waals surface area contributed by atoms with E-state index in [0.717, 1.165) is 0 Å². The first-order valence-corrected chi connectivity index (χ1v) is 5.48. The monoisotopic (exact) mass is 241 g/mol. The summed E-state index contributed by atoms with van der Waals surface area (Å²) < 4.78 is 0. The second kappa shape index (κ2) is 4.78. The highest BCUT2D eigenvalue weighted by Gasteiger charge is 2.19. The van der Waals surface area contributed by atoms with Gasteiger partial charge in [0, 0.05) is 12.1 Å². The van der Waals surface area contributed by atoms with Crippen LogP contribution in [0.5, 0.6) is 0 Å². The SMILES string of the molecule is OC(CCCl)C(O)c1cnc2[nH]ccc2n1. The van der Waals surface area contributed by atoms with Gasteiger partial charge < -0.3 is 15.2 Å². The fourth-order valence-corrected chi connectivity index (χ4v) is 1.68. The number of nitrogens with one attached hydrogen (secondary N) is 1. The Morgan fingerprint density at radius 1 is 1.44 bits per heavy atom. The number of aliphatic hydroxyl groups is 2. The van der Waals surface area contributed by atoms with Gasteiger partial charge in [0.2, 0.25) is 0 Å². The van der Waals surface area contributed by atoms with Crippen LogP contribution < -0.4 is 0 Å². The molecule has 0 radical (unpaired) electrons. The Balaban J connectivity index is 2.24. The predicted molar refractivity (Wildman–Crippen MR) is 60.2 cm³/mol. The van der Waals surface area contributed by atoms with Crippen molar-refractivity contribution < 1.29 is 10.2 Å². The highest BCUT2D eigenvalue weighted by molar-refractivity contribution is 6.17. The molecule has 0 aliphatic carbocycles. The Bertz CT molecular complexity index is 474. The van der Waals surface area contributed by atoms with Gasteiger partial charge >= 0.3 is 0 Å². The lowest BCUT2D eigenvalue weighted by Crippen LogP contribution is -2.19. The minimum atomic E-state index is -1.05. The molecule has 0 aliphatic rings. The third-order valence-electron chi connectivity index (χ3n) is 2.35. The number of aromatic amines is 1. The van der Waals surface area contributed by atoms with E-state index in [2.05, 4.69) is 15.0 Å². The predicted octanol–water partition coefficient (Wildman–Crippen LogP) is 0.981. The molecule has 0 fully saturated rings. The van der Waals surface area contributed by atoms with E-state index < -0.39 is 12.2 Å². The zero-order valence-electron chi connectivity index (χ0n) is 8.47. The van der Waals surface area contributed by atoms with E-state index in [1.807, 2.05) is 0 Å². The Hall–Kier alpha value is -1.17. The van der Waals surface area contributed by atoms with Crippen LogP contribution in [0.3, 0.4) is 0 Å². The summed E-state index contributed by atoms with van der Waals surface area (Å²) in [5, 5.41) is 19.4. The van der Waals surface area contributed by atoms with Crippen LogP contribution in [0.25, 0.3) is 11.2 Å². The number of halogens is 1. The van der Waals surface area contributed by atoms with Crippen molar-refractivity contribution in [3.63, 3.8) is 0 Å². The zero-order chi connectivity index (χ0) is 11.5. The van der Waals surface area contributed by atoms with Gasteiger partial charge in [-0.25, -0.2) is 9.97 Å². The summed E-state index contributed by atoms with van der Waals surface area (Å²) in [4.78, 5) is 11.2. The van der Waals surface area contributed by atoms with Gasteiger partial charge in [-0.1, -0.05) is 0 Å².